The summed E-state index contributed by atoms with van der Waals surface area (Å²) in [6, 6.07) is 5.95. The summed E-state index contributed by atoms with van der Waals surface area (Å²) < 4.78 is 0.986. The number of nitrogens with zero attached hydrogens (tertiary/aromatic N) is 1. The monoisotopic (exact) mass is 344 g/mol. The summed E-state index contributed by atoms with van der Waals surface area (Å²) in [5.41, 5.74) is 8.30. The SMILES string of the molecule is Cc1nc(CC(N)Cc2ccc(Br)cc2Cl)cs1. The number of thiazole rings is 1. The number of halogens is 2. The molecular weight excluding hydrogens is 332 g/mol. The van der Waals surface area contributed by atoms with E-state index in [0.29, 0.717) is 0 Å². The van der Waals surface area contributed by atoms with Crippen molar-refractivity contribution < 1.29 is 0 Å². The zero-order valence-electron chi connectivity index (χ0n) is 9.99. The molecule has 0 fully saturated rings. The van der Waals surface area contributed by atoms with Crippen molar-refractivity contribution in [2.75, 3.05) is 0 Å². The highest BCUT2D eigenvalue weighted by Gasteiger charge is 2.10. The fraction of sp³-hybridized carbons (Fsp3) is 0.308. The number of rotatable bonds is 4. The lowest BCUT2D eigenvalue weighted by Gasteiger charge is -2.11. The minimum atomic E-state index is 0.0465. The smallest absolute Gasteiger partial charge is 0.0897 e. The van der Waals surface area contributed by atoms with Crippen LogP contribution in [-0.4, -0.2) is 11.0 Å². The van der Waals surface area contributed by atoms with E-state index in [1.165, 1.54) is 0 Å². The second-order valence-corrected chi connectivity index (χ2v) is 6.65. The highest BCUT2D eigenvalue weighted by atomic mass is 79.9. The Kier molecular flexibility index (Phi) is 4.78. The summed E-state index contributed by atoms with van der Waals surface area (Å²) in [6.45, 7) is 2.01. The lowest BCUT2D eigenvalue weighted by molar-refractivity contribution is 0.656. The van der Waals surface area contributed by atoms with Crippen molar-refractivity contribution in [3.63, 3.8) is 0 Å². The Morgan fingerprint density at radius 1 is 1.44 bits per heavy atom. The van der Waals surface area contributed by atoms with E-state index < -0.39 is 0 Å². The Labute approximate surface area is 124 Å². The first-order valence-corrected chi connectivity index (χ1v) is 7.70. The van der Waals surface area contributed by atoms with Crippen LogP contribution >= 0.6 is 38.9 Å². The van der Waals surface area contributed by atoms with Gasteiger partial charge in [0.2, 0.25) is 0 Å². The second kappa shape index (κ2) is 6.15. The Balaban J connectivity index is 2.00. The average Bonchev–Trinajstić information content (AvgIpc) is 2.68. The number of benzene rings is 1. The Morgan fingerprint density at radius 3 is 2.83 bits per heavy atom. The standard InChI is InChI=1S/C13H14BrClN2S/c1-8-17-12(7-18-8)6-11(16)4-9-2-3-10(14)5-13(9)15/h2-3,5,7,11H,4,6,16H2,1H3. The van der Waals surface area contributed by atoms with Gasteiger partial charge >= 0.3 is 0 Å². The number of aromatic nitrogens is 1. The number of aryl methyl sites for hydroxylation is 1. The zero-order valence-corrected chi connectivity index (χ0v) is 13.1. The molecule has 0 amide bonds. The fourth-order valence-corrected chi connectivity index (χ4v) is 3.19. The first-order valence-electron chi connectivity index (χ1n) is 5.65. The van der Waals surface area contributed by atoms with Crippen molar-refractivity contribution in [3.05, 3.63) is 49.3 Å². The molecule has 1 aromatic carbocycles. The van der Waals surface area contributed by atoms with Gasteiger partial charge in [0.05, 0.1) is 10.7 Å². The molecule has 18 heavy (non-hydrogen) atoms. The van der Waals surface area contributed by atoms with E-state index in [2.05, 4.69) is 26.3 Å². The van der Waals surface area contributed by atoms with Crippen LogP contribution in [-0.2, 0) is 12.8 Å². The Morgan fingerprint density at radius 2 is 2.22 bits per heavy atom. The third kappa shape index (κ3) is 3.79. The van der Waals surface area contributed by atoms with E-state index in [0.717, 1.165) is 38.6 Å². The molecule has 0 saturated carbocycles. The molecule has 0 spiro atoms. The second-order valence-electron chi connectivity index (χ2n) is 4.26. The molecule has 2 nitrogen and oxygen atoms in total. The number of hydrogen-bond acceptors (Lipinski definition) is 3. The van der Waals surface area contributed by atoms with Gasteiger partial charge in [0.15, 0.2) is 0 Å². The summed E-state index contributed by atoms with van der Waals surface area (Å²) in [7, 11) is 0. The maximum atomic E-state index is 6.18. The molecule has 1 heterocycles. The van der Waals surface area contributed by atoms with E-state index in [1.54, 1.807) is 11.3 Å². The van der Waals surface area contributed by atoms with E-state index >= 15 is 0 Å². The predicted molar refractivity (Wildman–Crippen MR) is 81.4 cm³/mol. The number of nitrogens with two attached hydrogens (primary N) is 1. The maximum absolute atomic E-state index is 6.18. The van der Waals surface area contributed by atoms with Gasteiger partial charge < -0.3 is 5.73 Å². The third-order valence-corrected chi connectivity index (χ3v) is 4.30. The molecule has 1 aromatic heterocycles. The van der Waals surface area contributed by atoms with Gasteiger partial charge in [0.1, 0.15) is 0 Å². The van der Waals surface area contributed by atoms with E-state index in [4.69, 9.17) is 17.3 Å². The van der Waals surface area contributed by atoms with Crippen LogP contribution in [0.25, 0.3) is 0 Å². The molecular formula is C13H14BrClN2S. The van der Waals surface area contributed by atoms with E-state index in [1.807, 2.05) is 25.1 Å². The van der Waals surface area contributed by atoms with Gasteiger partial charge in [-0.2, -0.15) is 0 Å². The molecule has 96 valence electrons. The summed E-state index contributed by atoms with van der Waals surface area (Å²) in [4.78, 5) is 4.43. The van der Waals surface area contributed by atoms with Crippen LogP contribution in [0.2, 0.25) is 5.02 Å². The van der Waals surface area contributed by atoms with Crippen molar-refractivity contribution in [1.82, 2.24) is 4.98 Å². The van der Waals surface area contributed by atoms with Crippen molar-refractivity contribution in [1.29, 1.82) is 0 Å². The number of hydrogen-bond donors (Lipinski definition) is 1. The molecule has 2 aromatic rings. The zero-order chi connectivity index (χ0) is 13.1. The highest BCUT2D eigenvalue weighted by molar-refractivity contribution is 9.10. The molecule has 1 atom stereocenters. The predicted octanol–water partition coefficient (Wildman–Crippen LogP) is 3.98. The van der Waals surface area contributed by atoms with Gasteiger partial charge in [-0.1, -0.05) is 33.6 Å². The summed E-state index contributed by atoms with van der Waals surface area (Å²) in [5, 5.41) is 3.91. The van der Waals surface area contributed by atoms with E-state index in [9.17, 15) is 0 Å². The first-order chi connectivity index (χ1) is 8.54. The molecule has 0 aliphatic rings. The van der Waals surface area contributed by atoms with Crippen molar-refractivity contribution >= 4 is 38.9 Å². The van der Waals surface area contributed by atoms with Gasteiger partial charge in [0, 0.05) is 27.3 Å². The molecule has 0 aliphatic carbocycles. The first kappa shape index (κ1) is 14.0. The largest absolute Gasteiger partial charge is 0.327 e. The quantitative estimate of drug-likeness (QED) is 0.910. The van der Waals surface area contributed by atoms with Gasteiger partial charge in [-0.05, 0) is 31.0 Å². The lowest BCUT2D eigenvalue weighted by Crippen LogP contribution is -2.25. The van der Waals surface area contributed by atoms with Crippen molar-refractivity contribution in [2.45, 2.75) is 25.8 Å². The lowest BCUT2D eigenvalue weighted by atomic mass is 10.0. The van der Waals surface area contributed by atoms with Gasteiger partial charge in [-0.3, -0.25) is 0 Å². The Bertz CT molecular complexity index is 542. The molecule has 5 heteroatoms. The maximum Gasteiger partial charge on any atom is 0.0897 e. The topological polar surface area (TPSA) is 38.9 Å². The van der Waals surface area contributed by atoms with Crippen molar-refractivity contribution in [2.24, 2.45) is 5.73 Å². The molecule has 2 N–H and O–H groups in total. The normalized spacial score (nSPS) is 12.7. The molecule has 0 bridgehead atoms. The fourth-order valence-electron chi connectivity index (χ4n) is 1.81. The van der Waals surface area contributed by atoms with Crippen LogP contribution in [0, 0.1) is 6.92 Å². The van der Waals surface area contributed by atoms with Crippen LogP contribution in [0.4, 0.5) is 0 Å². The van der Waals surface area contributed by atoms with Gasteiger partial charge in [-0.15, -0.1) is 11.3 Å². The Hall–Kier alpha value is -0.420. The van der Waals surface area contributed by atoms with Gasteiger partial charge in [-0.25, -0.2) is 4.98 Å². The van der Waals surface area contributed by atoms with Crippen LogP contribution in [0.15, 0.2) is 28.1 Å². The molecule has 0 saturated heterocycles. The minimum absolute atomic E-state index is 0.0465. The summed E-state index contributed by atoms with van der Waals surface area (Å²) in [6.07, 6.45) is 1.55. The molecule has 0 radical (unpaired) electrons. The van der Waals surface area contributed by atoms with Crippen LogP contribution < -0.4 is 5.73 Å². The van der Waals surface area contributed by atoms with Gasteiger partial charge in [0.25, 0.3) is 0 Å². The molecule has 2 rings (SSSR count). The summed E-state index contributed by atoms with van der Waals surface area (Å²) in [5.74, 6) is 0. The molecule has 1 unspecified atom stereocenters. The highest BCUT2D eigenvalue weighted by Crippen LogP contribution is 2.22. The van der Waals surface area contributed by atoms with Crippen LogP contribution in [0.1, 0.15) is 16.3 Å². The van der Waals surface area contributed by atoms with Crippen LogP contribution in [0.5, 0.6) is 0 Å². The van der Waals surface area contributed by atoms with Crippen molar-refractivity contribution in [3.8, 4) is 0 Å². The average molecular weight is 346 g/mol. The third-order valence-electron chi connectivity index (χ3n) is 2.64. The van der Waals surface area contributed by atoms with E-state index in [-0.39, 0.29) is 6.04 Å². The minimum Gasteiger partial charge on any atom is -0.327 e. The molecule has 0 aliphatic heterocycles. The van der Waals surface area contributed by atoms with Crippen LogP contribution in [0.3, 0.4) is 0 Å². The summed E-state index contributed by atoms with van der Waals surface area (Å²) >= 11 is 11.2.